The average molecular weight is 848 g/mol. The molecule has 0 spiro atoms. The average Bonchev–Trinajstić information content (AvgIpc) is 3.67. The van der Waals surface area contributed by atoms with E-state index in [0.29, 0.717) is 6.07 Å². The van der Waals surface area contributed by atoms with Gasteiger partial charge in [-0.15, -0.1) is 23.8 Å². The summed E-state index contributed by atoms with van der Waals surface area (Å²) < 4.78 is 111. The normalized spacial score (nSPS) is 11.8. The third-order valence-corrected chi connectivity index (χ3v) is 7.55. The van der Waals surface area contributed by atoms with E-state index in [4.69, 9.17) is 0 Å². The molecular weight excluding hydrogens is 821 g/mol. The first-order valence-electron chi connectivity index (χ1n) is 14.1. The number of alkyl halides is 6. The fourth-order valence-corrected chi connectivity index (χ4v) is 5.42. The monoisotopic (exact) mass is 848 g/mol. The Balaban J connectivity index is 0.000000222. The zero-order chi connectivity index (χ0) is 34.0. The SMILES string of the molecule is Cn1ccn([B-](c2ccc(F)cc2)(c2ccc(F)cc2)n2ccn(C)[cH+]2)[cH+]1.FC(F)(F)c1[c-]c(-c2ccccn2)cc(C(F)(F)F)c1.[Ir]. The van der Waals surface area contributed by atoms with Crippen molar-refractivity contribution in [3.63, 3.8) is 0 Å². The number of rotatable bonds is 5. The number of imidazole rings is 2. The first-order valence-corrected chi connectivity index (χ1v) is 14.1. The number of aryl methyl sites for hydroxylation is 2. The van der Waals surface area contributed by atoms with Gasteiger partial charge in [0.1, 0.15) is 36.7 Å². The molecule has 0 bridgehead atoms. The molecule has 6 aromatic rings. The molecule has 0 N–H and O–H groups in total. The van der Waals surface area contributed by atoms with Crippen LogP contribution >= 0.6 is 0 Å². The maximum absolute atomic E-state index is 13.7. The van der Waals surface area contributed by atoms with Crippen molar-refractivity contribution in [1.29, 1.82) is 0 Å². The third-order valence-electron chi connectivity index (χ3n) is 7.55. The van der Waals surface area contributed by atoms with Crippen LogP contribution in [0, 0.1) is 17.7 Å². The van der Waals surface area contributed by atoms with Crippen LogP contribution in [-0.2, 0) is 46.6 Å². The van der Waals surface area contributed by atoms with E-state index in [1.807, 2.05) is 66.7 Å². The molecule has 0 fully saturated rings. The second kappa shape index (κ2) is 14.2. The number of hydrogen-bond acceptors (Lipinski definition) is 1. The first kappa shape index (κ1) is 36.2. The molecule has 0 saturated carbocycles. The Bertz CT molecular complexity index is 1840. The molecule has 3 aromatic carbocycles. The van der Waals surface area contributed by atoms with Gasteiger partial charge in [0.2, 0.25) is 0 Å². The molecule has 15 heteroatoms. The fraction of sp³-hybridized carbons (Fsp3) is 0.121. The van der Waals surface area contributed by atoms with E-state index >= 15 is 0 Å². The molecule has 0 aliphatic carbocycles. The van der Waals surface area contributed by atoms with Crippen molar-refractivity contribution in [3.05, 3.63) is 151 Å². The molecule has 3 aromatic heterocycles. The second-order valence-electron chi connectivity index (χ2n) is 10.8. The van der Waals surface area contributed by atoms with E-state index in [0.717, 1.165) is 10.9 Å². The maximum atomic E-state index is 13.7. The van der Waals surface area contributed by atoms with Crippen LogP contribution in [0.4, 0.5) is 35.1 Å². The molecule has 0 aliphatic rings. The van der Waals surface area contributed by atoms with E-state index in [1.54, 1.807) is 24.3 Å². The van der Waals surface area contributed by atoms with Crippen molar-refractivity contribution < 1.29 is 55.2 Å². The number of halogens is 8. The van der Waals surface area contributed by atoms with Gasteiger partial charge in [-0.3, -0.25) is 0 Å². The molecule has 0 amide bonds. The molecule has 1 radical (unpaired) electrons. The molecular formula is C33H26BF8IrN5. The van der Waals surface area contributed by atoms with E-state index in [1.165, 1.54) is 48.7 Å². The van der Waals surface area contributed by atoms with Crippen LogP contribution < -0.4 is 10.9 Å². The van der Waals surface area contributed by atoms with Gasteiger partial charge >= 0.3 is 18.8 Å². The van der Waals surface area contributed by atoms with Gasteiger partial charge in [0.05, 0.1) is 0 Å². The summed E-state index contributed by atoms with van der Waals surface area (Å²) in [5.41, 5.74) is -1.40. The van der Waals surface area contributed by atoms with Crippen molar-refractivity contribution in [3.8, 4) is 11.3 Å². The molecule has 0 aliphatic heterocycles. The molecule has 0 atom stereocenters. The number of nitrogens with zero attached hydrogens (tertiary/aromatic N) is 5. The predicted molar refractivity (Wildman–Crippen MR) is 163 cm³/mol. The predicted octanol–water partition coefficient (Wildman–Crippen LogP) is 7.04. The molecule has 5 nitrogen and oxygen atoms in total. The Morgan fingerprint density at radius 2 is 1.17 bits per heavy atom. The fourth-order valence-electron chi connectivity index (χ4n) is 5.42. The third kappa shape index (κ3) is 7.74. The van der Waals surface area contributed by atoms with Crippen molar-refractivity contribution in [2.24, 2.45) is 14.1 Å². The van der Waals surface area contributed by atoms with Crippen LogP contribution in [0.5, 0.6) is 0 Å². The Hall–Kier alpha value is -4.62. The molecule has 0 unspecified atom stereocenters. The summed E-state index contributed by atoms with van der Waals surface area (Å²) in [6.45, 7) is 0. The summed E-state index contributed by atoms with van der Waals surface area (Å²) in [7, 11) is 3.89. The number of hydrogen-bond donors (Lipinski definition) is 0. The molecule has 3 heterocycles. The van der Waals surface area contributed by atoms with Crippen molar-refractivity contribution in [1.82, 2.24) is 23.1 Å². The molecule has 251 valence electrons. The minimum Gasteiger partial charge on any atom is -0.366 e. The van der Waals surface area contributed by atoms with Crippen LogP contribution in [0.2, 0.25) is 0 Å². The minimum atomic E-state index is -4.91. The molecule has 0 saturated heterocycles. The number of pyridine rings is 1. The van der Waals surface area contributed by atoms with Gasteiger partial charge in [0.15, 0.2) is 12.4 Å². The van der Waals surface area contributed by atoms with Gasteiger partial charge in [-0.25, -0.2) is 17.9 Å². The van der Waals surface area contributed by atoms with E-state index in [2.05, 4.69) is 13.9 Å². The van der Waals surface area contributed by atoms with Crippen molar-refractivity contribution in [2.75, 3.05) is 0 Å². The van der Waals surface area contributed by atoms with Gasteiger partial charge in [0, 0.05) is 40.4 Å². The van der Waals surface area contributed by atoms with E-state index < -0.39 is 29.9 Å². The van der Waals surface area contributed by atoms with Crippen molar-refractivity contribution >= 4 is 17.3 Å². The largest absolute Gasteiger partial charge is 0.399 e. The summed E-state index contributed by atoms with van der Waals surface area (Å²) in [6, 6.07) is 19.8. The smallest absolute Gasteiger partial charge is 0.366 e. The molecule has 48 heavy (non-hydrogen) atoms. The first-order chi connectivity index (χ1) is 22.2. The maximum Gasteiger partial charge on any atom is 0.399 e. The number of benzene rings is 3. The second-order valence-corrected chi connectivity index (χ2v) is 10.8. The van der Waals surface area contributed by atoms with Crippen LogP contribution in [0.1, 0.15) is 11.1 Å². The zero-order valence-electron chi connectivity index (χ0n) is 25.2. The summed E-state index contributed by atoms with van der Waals surface area (Å²) in [5, 5.41) is 0. The quantitative estimate of drug-likeness (QED) is 0.104. The number of aromatic nitrogens is 5. The van der Waals surface area contributed by atoms with Gasteiger partial charge in [-0.2, -0.15) is 37.3 Å². The van der Waals surface area contributed by atoms with Gasteiger partial charge in [0.25, 0.3) is 0 Å². The van der Waals surface area contributed by atoms with Crippen LogP contribution in [-0.4, -0.2) is 29.5 Å². The Labute approximate surface area is 284 Å². The summed E-state index contributed by atoms with van der Waals surface area (Å²) in [5.74, 6) is -0.586. The standard InChI is InChI=1S/C20H20BF2N4.C13H6F6N.Ir/c1-24-11-13-26(15-24)21(27-14-12-25(2)16-27,17-3-7-19(22)8-4-17)18-5-9-20(23)10-6-18;14-12(15,16)9-5-8(11-3-1-2-4-20-11)6-10(7-9)13(17,18)19;/h3-16H,1-2H3;1-5,7H;/q+1;-1;. The van der Waals surface area contributed by atoms with E-state index in [9.17, 15) is 35.1 Å². The topological polar surface area (TPSA) is 32.6 Å². The van der Waals surface area contributed by atoms with Crippen LogP contribution in [0.25, 0.3) is 11.3 Å². The summed E-state index contributed by atoms with van der Waals surface area (Å²) >= 11 is 0. The van der Waals surface area contributed by atoms with Gasteiger partial charge in [-0.1, -0.05) is 36.4 Å². The Kier molecular flexibility index (Phi) is 10.8. The minimum absolute atomic E-state index is 0. The van der Waals surface area contributed by atoms with E-state index in [-0.39, 0.29) is 49.1 Å². The van der Waals surface area contributed by atoms with Gasteiger partial charge in [-0.05, 0) is 47.2 Å². The van der Waals surface area contributed by atoms with Crippen molar-refractivity contribution in [2.45, 2.75) is 12.4 Å². The summed E-state index contributed by atoms with van der Waals surface area (Å²) in [4.78, 5) is 3.73. The zero-order valence-corrected chi connectivity index (χ0v) is 27.6. The van der Waals surface area contributed by atoms with Crippen LogP contribution in [0.15, 0.2) is 123 Å². The Morgan fingerprint density at radius 3 is 1.54 bits per heavy atom. The molecule has 6 rings (SSSR count). The van der Waals surface area contributed by atoms with Crippen LogP contribution in [0.3, 0.4) is 0 Å². The Morgan fingerprint density at radius 1 is 0.667 bits per heavy atom. The van der Waals surface area contributed by atoms with Gasteiger partial charge < -0.3 is 13.9 Å². The summed E-state index contributed by atoms with van der Waals surface area (Å²) in [6.07, 6.45) is 1.56.